The molecule has 40 heavy (non-hydrogen) atoms. The largest absolute Gasteiger partial charge is 0.416 e. The molecule has 1 N–H and O–H groups in total. The second kappa shape index (κ2) is 12.6. The molecule has 3 heterocycles. The van der Waals surface area contributed by atoms with Crippen LogP contribution in [0.3, 0.4) is 0 Å². The number of rotatable bonds is 12. The Balaban J connectivity index is 1.47. The summed E-state index contributed by atoms with van der Waals surface area (Å²) in [5.41, 5.74) is 0.663. The van der Waals surface area contributed by atoms with Gasteiger partial charge in [0.05, 0.1) is 33.5 Å². The predicted molar refractivity (Wildman–Crippen MR) is 150 cm³/mol. The smallest absolute Gasteiger partial charge is 0.368 e. The first-order chi connectivity index (χ1) is 19.0. The van der Waals surface area contributed by atoms with Crippen molar-refractivity contribution in [2.45, 2.75) is 78.1 Å². The molecule has 0 saturated carbocycles. The van der Waals surface area contributed by atoms with Gasteiger partial charge in [0.25, 0.3) is 5.91 Å². The van der Waals surface area contributed by atoms with Gasteiger partial charge < -0.3 is 15.0 Å². The quantitative estimate of drug-likeness (QED) is 0.237. The predicted octanol–water partition coefficient (Wildman–Crippen LogP) is 6.88. The SMILES string of the molecule is CCCCN(CCCC(=O)c1cc2c(N[C@H](C)c3cccc(C(F)(F)F)c3C)nnc(C)c2s1)C(=O)C1CCO1. The number of ketones is 1. The number of aryl methyl sites for hydroxylation is 1. The van der Waals surface area contributed by atoms with Gasteiger partial charge in [0, 0.05) is 31.3 Å². The number of benzene rings is 1. The Hall–Kier alpha value is -3.05. The van der Waals surface area contributed by atoms with Crippen molar-refractivity contribution < 1.29 is 27.5 Å². The summed E-state index contributed by atoms with van der Waals surface area (Å²) >= 11 is 1.33. The Morgan fingerprint density at radius 2 is 1.93 bits per heavy atom. The van der Waals surface area contributed by atoms with Crippen LogP contribution in [0.1, 0.15) is 84.0 Å². The highest BCUT2D eigenvalue weighted by atomic mass is 32.1. The summed E-state index contributed by atoms with van der Waals surface area (Å²) in [6, 6.07) is 5.44. The molecule has 0 radical (unpaired) electrons. The van der Waals surface area contributed by atoms with Crippen LogP contribution in [0.2, 0.25) is 0 Å². The van der Waals surface area contributed by atoms with Gasteiger partial charge in [-0.1, -0.05) is 25.5 Å². The first kappa shape index (κ1) is 29.9. The summed E-state index contributed by atoms with van der Waals surface area (Å²) in [5.74, 6) is 0.385. The summed E-state index contributed by atoms with van der Waals surface area (Å²) in [6.45, 7) is 8.88. The number of nitrogens with one attached hydrogen (secondary N) is 1. The van der Waals surface area contributed by atoms with Crippen molar-refractivity contribution in [1.82, 2.24) is 15.1 Å². The lowest BCUT2D eigenvalue weighted by molar-refractivity contribution is -0.156. The van der Waals surface area contributed by atoms with E-state index in [-0.39, 0.29) is 29.8 Å². The number of unbranched alkanes of at least 4 members (excludes halogenated alkanes) is 1. The highest BCUT2D eigenvalue weighted by Gasteiger charge is 2.33. The Morgan fingerprint density at radius 3 is 2.58 bits per heavy atom. The van der Waals surface area contributed by atoms with Crippen molar-refractivity contribution in [2.24, 2.45) is 0 Å². The molecule has 0 aliphatic carbocycles. The molecule has 1 unspecified atom stereocenters. The van der Waals surface area contributed by atoms with E-state index in [0.29, 0.717) is 53.5 Å². The Morgan fingerprint density at radius 1 is 1.20 bits per heavy atom. The Labute approximate surface area is 236 Å². The fourth-order valence-corrected chi connectivity index (χ4v) is 5.95. The van der Waals surface area contributed by atoms with E-state index in [0.717, 1.165) is 30.0 Å². The summed E-state index contributed by atoms with van der Waals surface area (Å²) in [5, 5.41) is 12.4. The van der Waals surface area contributed by atoms with E-state index in [9.17, 15) is 22.8 Å². The Kier molecular flexibility index (Phi) is 9.45. The van der Waals surface area contributed by atoms with E-state index in [1.165, 1.54) is 24.3 Å². The second-order valence-electron chi connectivity index (χ2n) is 10.2. The number of carbonyl (C=O) groups is 2. The van der Waals surface area contributed by atoms with Gasteiger partial charge >= 0.3 is 6.18 Å². The molecule has 0 spiro atoms. The molecule has 0 bridgehead atoms. The van der Waals surface area contributed by atoms with Crippen LogP contribution in [-0.4, -0.2) is 52.6 Å². The van der Waals surface area contributed by atoms with E-state index in [1.54, 1.807) is 19.1 Å². The van der Waals surface area contributed by atoms with E-state index in [4.69, 9.17) is 4.74 Å². The molecule has 4 rings (SSSR count). The summed E-state index contributed by atoms with van der Waals surface area (Å²) in [7, 11) is 0. The normalized spacial score (nSPS) is 16.0. The number of nitrogens with zero attached hydrogens (tertiary/aromatic N) is 3. The molecular weight excluding hydrogens is 541 g/mol. The van der Waals surface area contributed by atoms with Crippen molar-refractivity contribution in [3.05, 3.63) is 51.5 Å². The first-order valence-electron chi connectivity index (χ1n) is 13.6. The van der Waals surface area contributed by atoms with E-state index < -0.39 is 17.8 Å². The zero-order valence-corrected chi connectivity index (χ0v) is 24.0. The molecule has 216 valence electrons. The van der Waals surface area contributed by atoms with Crippen molar-refractivity contribution in [3.63, 3.8) is 0 Å². The third-order valence-electron chi connectivity index (χ3n) is 7.29. The third kappa shape index (κ3) is 6.63. The average Bonchev–Trinajstić information content (AvgIpc) is 3.33. The minimum Gasteiger partial charge on any atom is -0.368 e. The lowest BCUT2D eigenvalue weighted by atomic mass is 9.97. The molecule has 1 aromatic carbocycles. The molecule has 1 amide bonds. The number of amides is 1. The monoisotopic (exact) mass is 576 g/mol. The van der Waals surface area contributed by atoms with Crippen molar-refractivity contribution in [2.75, 3.05) is 25.0 Å². The number of alkyl halides is 3. The topological polar surface area (TPSA) is 84.4 Å². The highest BCUT2D eigenvalue weighted by Crippen LogP contribution is 2.37. The summed E-state index contributed by atoms with van der Waals surface area (Å²) < 4.78 is 46.5. The van der Waals surface area contributed by atoms with E-state index in [2.05, 4.69) is 22.4 Å². The van der Waals surface area contributed by atoms with Crippen LogP contribution in [0.5, 0.6) is 0 Å². The van der Waals surface area contributed by atoms with Gasteiger partial charge in [0.15, 0.2) is 11.6 Å². The van der Waals surface area contributed by atoms with Gasteiger partial charge in [-0.25, -0.2) is 0 Å². The lowest BCUT2D eigenvalue weighted by Gasteiger charge is -2.32. The molecule has 1 saturated heterocycles. The minimum atomic E-state index is -4.44. The molecular formula is C29H35F3N4O3S. The number of aromatic nitrogens is 2. The number of thiophene rings is 1. The van der Waals surface area contributed by atoms with Crippen LogP contribution >= 0.6 is 11.3 Å². The fourth-order valence-electron chi connectivity index (χ4n) is 4.89. The number of Topliss-reactive ketones (excluding diaryl/α,β-unsaturated/α-hetero) is 1. The maximum absolute atomic E-state index is 13.4. The standard InChI is InChI=1S/C29H35F3N4O3S/c1-5-6-13-36(28(38)24-12-15-39-24)14-8-11-23(37)25-16-21-26(40-25)19(4)34-35-27(21)33-18(3)20-9-7-10-22(17(20)2)29(30,31)32/h7,9-10,16,18,24H,5-6,8,11-15H2,1-4H3,(H,33,35)/t18-,24?/m1/s1. The van der Waals surface area contributed by atoms with Crippen molar-refractivity contribution >= 4 is 38.9 Å². The number of ether oxygens (including phenoxy) is 1. The molecule has 11 heteroatoms. The summed E-state index contributed by atoms with van der Waals surface area (Å²) in [4.78, 5) is 28.2. The van der Waals surface area contributed by atoms with Crippen LogP contribution < -0.4 is 5.32 Å². The van der Waals surface area contributed by atoms with Gasteiger partial charge in [0.1, 0.15) is 6.10 Å². The van der Waals surface area contributed by atoms with E-state index >= 15 is 0 Å². The van der Waals surface area contributed by atoms with Crippen LogP contribution in [0.4, 0.5) is 19.0 Å². The van der Waals surface area contributed by atoms with Gasteiger partial charge in [-0.2, -0.15) is 18.3 Å². The molecule has 1 fully saturated rings. The van der Waals surface area contributed by atoms with Crippen LogP contribution in [0.25, 0.3) is 10.1 Å². The maximum atomic E-state index is 13.4. The summed E-state index contributed by atoms with van der Waals surface area (Å²) in [6.07, 6.45) is -1.35. The van der Waals surface area contributed by atoms with Crippen molar-refractivity contribution in [1.29, 1.82) is 0 Å². The van der Waals surface area contributed by atoms with Gasteiger partial charge in [-0.15, -0.1) is 16.4 Å². The van der Waals surface area contributed by atoms with Crippen LogP contribution in [0, 0.1) is 13.8 Å². The van der Waals surface area contributed by atoms with E-state index in [1.807, 2.05) is 11.8 Å². The molecule has 2 atom stereocenters. The zero-order chi connectivity index (χ0) is 29.0. The molecule has 3 aromatic rings. The maximum Gasteiger partial charge on any atom is 0.416 e. The highest BCUT2D eigenvalue weighted by molar-refractivity contribution is 7.21. The lowest BCUT2D eigenvalue weighted by Crippen LogP contribution is -2.46. The zero-order valence-electron chi connectivity index (χ0n) is 23.2. The Bertz CT molecular complexity index is 1370. The minimum absolute atomic E-state index is 0.00243. The molecule has 2 aromatic heterocycles. The van der Waals surface area contributed by atoms with Gasteiger partial charge in [0.2, 0.25) is 0 Å². The van der Waals surface area contributed by atoms with Gasteiger partial charge in [-0.3, -0.25) is 9.59 Å². The molecule has 1 aliphatic rings. The number of anilines is 1. The first-order valence-corrected chi connectivity index (χ1v) is 14.5. The van der Waals surface area contributed by atoms with Gasteiger partial charge in [-0.05, 0) is 56.9 Å². The second-order valence-corrected chi connectivity index (χ2v) is 11.3. The number of hydrogen-bond acceptors (Lipinski definition) is 7. The number of hydrogen-bond donors (Lipinski definition) is 1. The average molecular weight is 577 g/mol. The molecule has 1 aliphatic heterocycles. The van der Waals surface area contributed by atoms with Crippen LogP contribution in [-0.2, 0) is 15.7 Å². The van der Waals surface area contributed by atoms with Crippen molar-refractivity contribution in [3.8, 4) is 0 Å². The fraction of sp³-hybridized carbons (Fsp3) is 0.517. The number of carbonyl (C=O) groups excluding carboxylic acids is 2. The number of halogens is 3. The molecule has 7 nitrogen and oxygen atoms in total. The third-order valence-corrected chi connectivity index (χ3v) is 8.58. The number of fused-ring (bicyclic) bond motifs is 1. The van der Waals surface area contributed by atoms with Crippen LogP contribution in [0.15, 0.2) is 24.3 Å².